The molecule has 0 fully saturated rings. The Morgan fingerprint density at radius 1 is 0.469 bits per heavy atom. The number of hydrogen-bond acceptors (Lipinski definition) is 2. The van der Waals surface area contributed by atoms with Crippen molar-refractivity contribution in [3.05, 3.63) is 321 Å². The average Bonchev–Trinajstić information content (AvgIpc) is 4.08. The fraction of sp³-hybridized carbons (Fsp3) is 0.0649. The van der Waals surface area contributed by atoms with E-state index < -0.39 is 0 Å². The highest BCUT2D eigenvalue weighted by Gasteiger charge is 2.25. The minimum absolute atomic E-state index is 0.386. The first-order valence-corrected chi connectivity index (χ1v) is 28.1. The number of aromatic nitrogens is 2. The monoisotopic (exact) mass is 1040 g/mol. The minimum atomic E-state index is 0.386. The first-order valence-electron chi connectivity index (χ1n) is 28.1. The Kier molecular flexibility index (Phi) is 13.6. The Bertz CT molecular complexity index is 4400. The van der Waals surface area contributed by atoms with E-state index >= 15 is 0 Å². The smallest absolute Gasteiger partial charge is 0.0542 e. The summed E-state index contributed by atoms with van der Waals surface area (Å²) in [5, 5.41) is 4.83. The van der Waals surface area contributed by atoms with Gasteiger partial charge in [0.15, 0.2) is 0 Å². The summed E-state index contributed by atoms with van der Waals surface area (Å²) < 4.78 is 4.79. The lowest BCUT2D eigenvalue weighted by atomic mass is 9.86. The van der Waals surface area contributed by atoms with Gasteiger partial charge in [0.1, 0.15) is 0 Å². The first kappa shape index (κ1) is 50.4. The van der Waals surface area contributed by atoms with Crippen molar-refractivity contribution in [2.75, 3.05) is 9.80 Å². The molecule has 0 amide bonds. The number of para-hydroxylation sites is 4. The van der Waals surface area contributed by atoms with Crippen LogP contribution in [0.5, 0.6) is 0 Å². The molecule has 0 bridgehead atoms. The van der Waals surface area contributed by atoms with Crippen LogP contribution in [0.2, 0.25) is 0 Å². The van der Waals surface area contributed by atoms with Gasteiger partial charge in [0.2, 0.25) is 0 Å². The highest BCUT2D eigenvalue weighted by Crippen LogP contribution is 2.45. The van der Waals surface area contributed by atoms with E-state index in [0.29, 0.717) is 5.92 Å². The van der Waals surface area contributed by atoms with E-state index in [-0.39, 0.29) is 0 Å². The molecule has 2 aromatic heterocycles. The molecule has 1 unspecified atom stereocenters. The van der Waals surface area contributed by atoms with Crippen LogP contribution in [0, 0.1) is 0 Å². The molecule has 0 saturated carbocycles. The SMILES string of the molecule is C=CC(=C)/C=C\C(=C/C)c1ccc2c(c1)c1cc(N(c3ccccc3)c3ccc(C4CC=C(N(c5ccccc5)c5ccc6c(c5)c5cc(-c7ccc(C=C)cc7)ccc5n6-c5ccccc5)CC4)cc3)ccc1n2-c1ccccc1. The normalized spacial score (nSPS) is 13.7. The molecule has 2 heterocycles. The number of allylic oxidation sites excluding steroid dienone is 8. The molecular formula is C77H62N4. The maximum absolute atomic E-state index is 4.12. The summed E-state index contributed by atoms with van der Waals surface area (Å²) in [7, 11) is 0. The van der Waals surface area contributed by atoms with Crippen molar-refractivity contribution in [1.82, 2.24) is 9.13 Å². The molecule has 10 aromatic carbocycles. The van der Waals surface area contributed by atoms with E-state index in [4.69, 9.17) is 0 Å². The molecule has 1 aliphatic rings. The lowest BCUT2D eigenvalue weighted by Crippen LogP contribution is -2.20. The Hall–Kier alpha value is -10.2. The number of fused-ring (bicyclic) bond motifs is 6. The summed E-state index contributed by atoms with van der Waals surface area (Å²) in [6, 6.07) is 88.8. The van der Waals surface area contributed by atoms with Gasteiger partial charge in [0.05, 0.1) is 22.1 Å². The Morgan fingerprint density at radius 2 is 0.951 bits per heavy atom. The molecule has 1 atom stereocenters. The van der Waals surface area contributed by atoms with Gasteiger partial charge >= 0.3 is 0 Å². The molecule has 0 radical (unpaired) electrons. The van der Waals surface area contributed by atoms with Gasteiger partial charge in [-0.05, 0) is 192 Å². The van der Waals surface area contributed by atoms with Gasteiger partial charge in [0.25, 0.3) is 0 Å². The molecule has 390 valence electrons. The topological polar surface area (TPSA) is 16.3 Å². The third-order valence-corrected chi connectivity index (χ3v) is 16.2. The van der Waals surface area contributed by atoms with Crippen molar-refractivity contribution in [2.24, 2.45) is 0 Å². The number of anilines is 5. The molecule has 12 aromatic rings. The summed E-state index contributed by atoms with van der Waals surface area (Å²) in [5.41, 5.74) is 21.9. The van der Waals surface area contributed by atoms with E-state index in [9.17, 15) is 0 Å². The van der Waals surface area contributed by atoms with Crippen LogP contribution in [0.4, 0.5) is 28.4 Å². The van der Waals surface area contributed by atoms with Gasteiger partial charge in [-0.1, -0.05) is 178 Å². The Morgan fingerprint density at radius 3 is 1.49 bits per heavy atom. The van der Waals surface area contributed by atoms with Gasteiger partial charge in [-0.3, -0.25) is 0 Å². The van der Waals surface area contributed by atoms with Gasteiger partial charge in [-0.15, -0.1) is 0 Å². The number of benzene rings is 10. The predicted octanol–water partition coefficient (Wildman–Crippen LogP) is 21.4. The second kappa shape index (κ2) is 21.9. The summed E-state index contributed by atoms with van der Waals surface area (Å²) >= 11 is 0. The van der Waals surface area contributed by atoms with Crippen LogP contribution in [0.1, 0.15) is 48.8 Å². The lowest BCUT2D eigenvalue weighted by Gasteiger charge is -2.32. The van der Waals surface area contributed by atoms with Crippen LogP contribution >= 0.6 is 0 Å². The molecule has 4 nitrogen and oxygen atoms in total. The molecule has 0 N–H and O–H groups in total. The maximum Gasteiger partial charge on any atom is 0.0542 e. The summed E-state index contributed by atoms with van der Waals surface area (Å²) in [6.07, 6.45) is 15.4. The third kappa shape index (κ3) is 9.61. The van der Waals surface area contributed by atoms with Crippen molar-refractivity contribution in [2.45, 2.75) is 32.1 Å². The second-order valence-electron chi connectivity index (χ2n) is 21.0. The Balaban J connectivity index is 0.842. The van der Waals surface area contributed by atoms with E-state index in [1.807, 2.05) is 12.2 Å². The maximum atomic E-state index is 4.12. The van der Waals surface area contributed by atoms with Gasteiger partial charge < -0.3 is 18.9 Å². The summed E-state index contributed by atoms with van der Waals surface area (Å²) in [6.45, 7) is 14.1. The van der Waals surface area contributed by atoms with Crippen molar-refractivity contribution in [3.8, 4) is 22.5 Å². The van der Waals surface area contributed by atoms with Crippen molar-refractivity contribution < 1.29 is 0 Å². The molecule has 1 aliphatic carbocycles. The highest BCUT2D eigenvalue weighted by atomic mass is 15.2. The zero-order valence-corrected chi connectivity index (χ0v) is 45.7. The number of nitrogens with zero attached hydrogens (tertiary/aromatic N) is 4. The van der Waals surface area contributed by atoms with Crippen LogP contribution in [-0.4, -0.2) is 9.13 Å². The molecule has 0 aliphatic heterocycles. The third-order valence-electron chi connectivity index (χ3n) is 16.2. The standard InChI is InChI=1S/C77H62N4/c1-5-54(4)28-31-56(7-3)60-38-46-74-70(50-60)72-52-68(44-48-76(72)80(74)64-24-16-10-17-25-64)78(62-20-12-8-13-21-62)66-40-34-57(35-41-66)58-36-42-67(43-37-58)79(63-22-14-9-15-23-63)69-45-49-77-73(53-69)71-51-61(59-32-29-55(6-2)30-33-59)39-47-75(71)81(77)65-26-18-11-19-27-65/h5-35,38-42,44-53,58H,1-2,4,36-37,43H2,3H3/b31-28-,56-7+. The predicted molar refractivity (Wildman–Crippen MR) is 347 cm³/mol. The van der Waals surface area contributed by atoms with E-state index in [1.54, 1.807) is 6.08 Å². The zero-order chi connectivity index (χ0) is 54.8. The van der Waals surface area contributed by atoms with Crippen molar-refractivity contribution >= 4 is 83.7 Å². The van der Waals surface area contributed by atoms with E-state index in [0.717, 1.165) is 92.4 Å². The highest BCUT2D eigenvalue weighted by molar-refractivity contribution is 6.13. The van der Waals surface area contributed by atoms with Crippen LogP contribution in [0.3, 0.4) is 0 Å². The molecule has 0 saturated heterocycles. The van der Waals surface area contributed by atoms with E-state index in [2.05, 4.69) is 306 Å². The van der Waals surface area contributed by atoms with Crippen LogP contribution in [-0.2, 0) is 0 Å². The van der Waals surface area contributed by atoms with Crippen LogP contribution < -0.4 is 9.80 Å². The fourth-order valence-electron chi connectivity index (χ4n) is 12.1. The second-order valence-corrected chi connectivity index (χ2v) is 21.0. The van der Waals surface area contributed by atoms with Gasteiger partial charge in [0, 0.05) is 67.1 Å². The minimum Gasteiger partial charge on any atom is -0.315 e. The molecule has 81 heavy (non-hydrogen) atoms. The van der Waals surface area contributed by atoms with Crippen LogP contribution in [0.15, 0.2) is 304 Å². The zero-order valence-electron chi connectivity index (χ0n) is 45.7. The first-order chi connectivity index (χ1) is 39.9. The molecule has 13 rings (SSSR count). The lowest BCUT2D eigenvalue weighted by molar-refractivity contribution is 0.594. The van der Waals surface area contributed by atoms with Gasteiger partial charge in [-0.2, -0.15) is 0 Å². The summed E-state index contributed by atoms with van der Waals surface area (Å²) in [4.78, 5) is 4.89. The van der Waals surface area contributed by atoms with Crippen LogP contribution in [0.25, 0.3) is 77.8 Å². The van der Waals surface area contributed by atoms with Crippen molar-refractivity contribution in [1.29, 1.82) is 0 Å². The van der Waals surface area contributed by atoms with Crippen molar-refractivity contribution in [3.63, 3.8) is 0 Å². The molecule has 4 heteroatoms. The fourth-order valence-corrected chi connectivity index (χ4v) is 12.1. The average molecular weight is 1040 g/mol. The Labute approximate surface area is 475 Å². The van der Waals surface area contributed by atoms with Gasteiger partial charge in [-0.25, -0.2) is 0 Å². The number of hydrogen-bond donors (Lipinski definition) is 0. The molecular weight excluding hydrogens is 981 g/mol. The largest absolute Gasteiger partial charge is 0.315 e. The number of rotatable bonds is 15. The van der Waals surface area contributed by atoms with E-state index in [1.165, 1.54) is 55.0 Å². The molecule has 0 spiro atoms. The quantitative estimate of drug-likeness (QED) is 0.0952. The summed E-state index contributed by atoms with van der Waals surface area (Å²) in [5.74, 6) is 0.386.